The van der Waals surface area contributed by atoms with E-state index in [-0.39, 0.29) is 25.1 Å². The van der Waals surface area contributed by atoms with Gasteiger partial charge < -0.3 is 14.5 Å². The van der Waals surface area contributed by atoms with Gasteiger partial charge in [-0.15, -0.1) is 0 Å². The quantitative estimate of drug-likeness (QED) is 0.727. The number of hydrogen-bond donors (Lipinski definition) is 1. The van der Waals surface area contributed by atoms with Crippen molar-refractivity contribution in [3.63, 3.8) is 0 Å². The van der Waals surface area contributed by atoms with Crippen LogP contribution in [0, 0.1) is 6.92 Å². The van der Waals surface area contributed by atoms with Gasteiger partial charge in [-0.1, -0.05) is 0 Å². The first-order valence-electron chi connectivity index (χ1n) is 9.35. The summed E-state index contributed by atoms with van der Waals surface area (Å²) >= 11 is 0. The molecule has 0 aromatic carbocycles. The lowest BCUT2D eigenvalue weighted by molar-refractivity contribution is -0.138. The molecule has 1 saturated heterocycles. The second-order valence-electron chi connectivity index (χ2n) is 6.85. The Labute approximate surface area is 169 Å². The number of nitrogens with one attached hydrogen (secondary N) is 1. The Morgan fingerprint density at radius 3 is 2.50 bits per heavy atom. The zero-order valence-electron chi connectivity index (χ0n) is 16.3. The van der Waals surface area contributed by atoms with Crippen molar-refractivity contribution in [1.82, 2.24) is 25.1 Å². The van der Waals surface area contributed by atoms with Crippen LogP contribution in [0.15, 0.2) is 23.3 Å². The van der Waals surface area contributed by atoms with Crippen molar-refractivity contribution in [2.45, 2.75) is 25.9 Å². The van der Waals surface area contributed by atoms with E-state index in [1.165, 1.54) is 0 Å². The molecule has 0 saturated carbocycles. The van der Waals surface area contributed by atoms with E-state index in [1.54, 1.807) is 17.3 Å². The highest BCUT2D eigenvalue weighted by atomic mass is 19.4. The number of anilines is 1. The first-order chi connectivity index (χ1) is 14.2. The smallest absolute Gasteiger partial charge is 0.421 e. The van der Waals surface area contributed by atoms with E-state index in [0.29, 0.717) is 38.2 Å². The third kappa shape index (κ3) is 5.45. The molecular formula is C18H21F3N6O3. The molecular weight excluding hydrogens is 405 g/mol. The average molecular weight is 426 g/mol. The third-order valence-electron chi connectivity index (χ3n) is 4.55. The molecule has 1 aliphatic heterocycles. The summed E-state index contributed by atoms with van der Waals surface area (Å²) < 4.78 is 43.4. The molecule has 1 N–H and O–H groups in total. The minimum atomic E-state index is -4.75. The number of halogens is 3. The summed E-state index contributed by atoms with van der Waals surface area (Å²) in [6.07, 6.45) is -1.35. The molecule has 2 aromatic heterocycles. The molecule has 0 bridgehead atoms. The van der Waals surface area contributed by atoms with E-state index in [0.717, 1.165) is 5.56 Å². The monoisotopic (exact) mass is 426 g/mol. The number of ether oxygens (including phenoxy) is 1. The van der Waals surface area contributed by atoms with Gasteiger partial charge in [-0.25, -0.2) is 19.9 Å². The molecule has 3 rings (SSSR count). The van der Waals surface area contributed by atoms with Crippen LogP contribution in [0.25, 0.3) is 0 Å². The van der Waals surface area contributed by atoms with Gasteiger partial charge in [-0.2, -0.15) is 18.3 Å². The highest BCUT2D eigenvalue weighted by Gasteiger charge is 2.34. The standard InChI is InChI=1S/C18H21F3N6O3/c1-12-10-22-16(23-11-12)26-4-6-27(7-5-26)17(29)30-8-2-3-13-9-14(18(19,20)21)15(28)25-24-13/h9-11H,2-8H2,1H3,(H,25,28). The summed E-state index contributed by atoms with van der Waals surface area (Å²) in [5.41, 5.74) is -1.54. The van der Waals surface area contributed by atoms with Gasteiger partial charge >= 0.3 is 12.3 Å². The van der Waals surface area contributed by atoms with Crippen molar-refractivity contribution in [1.29, 1.82) is 0 Å². The largest absolute Gasteiger partial charge is 0.449 e. The molecule has 162 valence electrons. The van der Waals surface area contributed by atoms with Crippen molar-refractivity contribution in [3.05, 3.63) is 45.6 Å². The first-order valence-corrected chi connectivity index (χ1v) is 9.35. The molecule has 0 spiro atoms. The number of aromatic nitrogens is 4. The van der Waals surface area contributed by atoms with Gasteiger partial charge in [0.2, 0.25) is 5.95 Å². The molecule has 0 atom stereocenters. The zero-order chi connectivity index (χ0) is 21.7. The minimum Gasteiger partial charge on any atom is -0.449 e. The Kier molecular flexibility index (Phi) is 6.53. The lowest BCUT2D eigenvalue weighted by Crippen LogP contribution is -2.49. The molecule has 0 aliphatic carbocycles. The van der Waals surface area contributed by atoms with Crippen molar-refractivity contribution >= 4 is 12.0 Å². The number of carbonyl (C=O) groups is 1. The Bertz CT molecular complexity index is 924. The molecule has 1 fully saturated rings. The van der Waals surface area contributed by atoms with Gasteiger partial charge in [0.15, 0.2) is 0 Å². The second kappa shape index (κ2) is 9.09. The predicted octanol–water partition coefficient (Wildman–Crippen LogP) is 1.78. The second-order valence-corrected chi connectivity index (χ2v) is 6.85. The summed E-state index contributed by atoms with van der Waals surface area (Å²) in [5, 5.41) is 5.44. The SMILES string of the molecule is Cc1cnc(N2CCN(C(=O)OCCCc3cc(C(F)(F)F)c(=O)[nH]n3)CC2)nc1. The van der Waals surface area contributed by atoms with Gasteiger partial charge in [0.1, 0.15) is 5.56 Å². The normalized spacial score (nSPS) is 14.7. The summed E-state index contributed by atoms with van der Waals surface area (Å²) in [6.45, 7) is 3.97. The highest BCUT2D eigenvalue weighted by molar-refractivity contribution is 5.68. The van der Waals surface area contributed by atoms with Crippen molar-refractivity contribution in [3.8, 4) is 0 Å². The molecule has 12 heteroatoms. The fourth-order valence-corrected chi connectivity index (χ4v) is 2.93. The topological polar surface area (TPSA) is 104 Å². The van der Waals surface area contributed by atoms with Crippen LogP contribution in [0.2, 0.25) is 0 Å². The minimum absolute atomic E-state index is 0.0300. The highest BCUT2D eigenvalue weighted by Crippen LogP contribution is 2.26. The number of amides is 1. The van der Waals surface area contributed by atoms with Crippen molar-refractivity contribution in [2.75, 3.05) is 37.7 Å². The number of rotatable bonds is 5. The number of aryl methyl sites for hydroxylation is 2. The van der Waals surface area contributed by atoms with Crippen LogP contribution in [0.4, 0.5) is 23.9 Å². The van der Waals surface area contributed by atoms with Gasteiger partial charge in [0.05, 0.1) is 12.3 Å². The number of nitrogens with zero attached hydrogens (tertiary/aromatic N) is 5. The number of aromatic amines is 1. The number of piperazine rings is 1. The van der Waals surface area contributed by atoms with Crippen molar-refractivity contribution in [2.24, 2.45) is 0 Å². The summed E-state index contributed by atoms with van der Waals surface area (Å²) in [4.78, 5) is 35.5. The Balaban J connectivity index is 1.41. The zero-order valence-corrected chi connectivity index (χ0v) is 16.3. The first kappa shape index (κ1) is 21.5. The summed E-state index contributed by atoms with van der Waals surface area (Å²) in [6, 6.07) is 0.715. The predicted molar refractivity (Wildman–Crippen MR) is 100 cm³/mol. The van der Waals surface area contributed by atoms with Gasteiger partial charge in [-0.05, 0) is 31.4 Å². The van der Waals surface area contributed by atoms with Crippen molar-refractivity contribution < 1.29 is 22.7 Å². The molecule has 30 heavy (non-hydrogen) atoms. The Morgan fingerprint density at radius 1 is 1.20 bits per heavy atom. The van der Waals surface area contributed by atoms with E-state index in [4.69, 9.17) is 4.74 Å². The molecule has 1 aliphatic rings. The molecule has 0 unspecified atom stereocenters. The number of hydrogen-bond acceptors (Lipinski definition) is 7. The maximum atomic E-state index is 12.7. The van der Waals surface area contributed by atoms with Crippen LogP contribution in [0.5, 0.6) is 0 Å². The Hall–Kier alpha value is -3.18. The Morgan fingerprint density at radius 2 is 1.87 bits per heavy atom. The van der Waals surface area contributed by atoms with Crippen LogP contribution < -0.4 is 10.5 Å². The third-order valence-corrected chi connectivity index (χ3v) is 4.55. The van der Waals surface area contributed by atoms with Gasteiger partial charge in [0, 0.05) is 38.6 Å². The van der Waals surface area contributed by atoms with E-state index in [1.807, 2.05) is 16.9 Å². The number of H-pyrrole nitrogens is 1. The maximum Gasteiger partial charge on any atom is 0.421 e. The van der Waals surface area contributed by atoms with Crippen LogP contribution in [-0.4, -0.2) is 63.9 Å². The average Bonchev–Trinajstić information content (AvgIpc) is 2.72. The molecule has 2 aromatic rings. The molecule has 1 amide bonds. The van der Waals surface area contributed by atoms with Gasteiger partial charge in [0.25, 0.3) is 5.56 Å². The van der Waals surface area contributed by atoms with Crippen LogP contribution in [-0.2, 0) is 17.3 Å². The fourth-order valence-electron chi connectivity index (χ4n) is 2.93. The van der Waals surface area contributed by atoms with Crippen LogP contribution in [0.3, 0.4) is 0 Å². The van der Waals surface area contributed by atoms with E-state index >= 15 is 0 Å². The van der Waals surface area contributed by atoms with E-state index < -0.39 is 23.4 Å². The maximum absolute atomic E-state index is 12.7. The number of carbonyl (C=O) groups excluding carboxylic acids is 1. The van der Waals surface area contributed by atoms with Crippen LogP contribution >= 0.6 is 0 Å². The summed E-state index contributed by atoms with van der Waals surface area (Å²) in [7, 11) is 0. The van der Waals surface area contributed by atoms with Crippen LogP contribution in [0.1, 0.15) is 23.2 Å². The fraction of sp³-hybridized carbons (Fsp3) is 0.500. The molecule has 9 nitrogen and oxygen atoms in total. The molecule has 3 heterocycles. The van der Waals surface area contributed by atoms with E-state index in [2.05, 4.69) is 15.1 Å². The summed E-state index contributed by atoms with van der Waals surface area (Å²) in [5.74, 6) is 0.611. The lowest BCUT2D eigenvalue weighted by atomic mass is 10.2. The van der Waals surface area contributed by atoms with Gasteiger partial charge in [-0.3, -0.25) is 4.79 Å². The lowest BCUT2D eigenvalue weighted by Gasteiger charge is -2.34. The van der Waals surface area contributed by atoms with E-state index in [9.17, 15) is 22.8 Å². The number of alkyl halides is 3. The molecule has 0 radical (unpaired) electrons.